The molecule has 1 heterocycles. The minimum Gasteiger partial charge on any atom is -0.450 e. The molecule has 4 heteroatoms. The summed E-state index contributed by atoms with van der Waals surface area (Å²) >= 11 is 0. The Morgan fingerprint density at radius 1 is 0.917 bits per heavy atom. The maximum absolute atomic E-state index is 12.8. The largest absolute Gasteiger partial charge is 0.450 e. The highest BCUT2D eigenvalue weighted by molar-refractivity contribution is 6.17. The van der Waals surface area contributed by atoms with Gasteiger partial charge in [0.25, 0.3) is 0 Å². The first-order valence-corrected chi connectivity index (χ1v) is 7.80. The fourth-order valence-electron chi connectivity index (χ4n) is 2.35. The molecule has 0 fully saturated rings. The molecule has 0 radical (unpaired) electrons. The zero-order valence-corrected chi connectivity index (χ0v) is 13.9. The van der Waals surface area contributed by atoms with E-state index in [4.69, 9.17) is 4.42 Å². The Hall–Kier alpha value is -2.88. The van der Waals surface area contributed by atoms with Crippen LogP contribution < -0.4 is 5.32 Å². The van der Waals surface area contributed by atoms with Crippen molar-refractivity contribution in [1.29, 1.82) is 0 Å². The smallest absolute Gasteiger partial charge is 0.230 e. The van der Waals surface area contributed by atoms with Crippen molar-refractivity contribution in [2.45, 2.75) is 20.8 Å². The number of benzene rings is 2. The Labute approximate surface area is 140 Å². The van der Waals surface area contributed by atoms with Crippen molar-refractivity contribution in [2.75, 3.05) is 5.32 Å². The van der Waals surface area contributed by atoms with Crippen LogP contribution in [0.4, 0.5) is 5.69 Å². The third kappa shape index (κ3) is 2.95. The van der Waals surface area contributed by atoms with Crippen LogP contribution in [-0.4, -0.2) is 11.7 Å². The minimum absolute atomic E-state index is 0.153. The van der Waals surface area contributed by atoms with E-state index in [1.54, 1.807) is 30.3 Å². The number of nitrogens with one attached hydrogen (secondary N) is 1. The van der Waals surface area contributed by atoms with Gasteiger partial charge in [0, 0.05) is 16.4 Å². The summed E-state index contributed by atoms with van der Waals surface area (Å²) in [7, 11) is 0. The van der Waals surface area contributed by atoms with Crippen molar-refractivity contribution in [3.63, 3.8) is 0 Å². The van der Waals surface area contributed by atoms with Gasteiger partial charge in [0.15, 0.2) is 5.76 Å². The summed E-state index contributed by atoms with van der Waals surface area (Å²) in [6.45, 7) is 5.47. The monoisotopic (exact) mass is 321 g/mol. The second-order valence-electron chi connectivity index (χ2n) is 6.70. The topological polar surface area (TPSA) is 59.3 Å². The molecule has 0 atom stereocenters. The Balaban J connectivity index is 2.12. The quantitative estimate of drug-likeness (QED) is 0.714. The number of hydrogen-bond donors (Lipinski definition) is 1. The van der Waals surface area contributed by atoms with Crippen LogP contribution in [0.2, 0.25) is 0 Å². The number of rotatable bonds is 3. The highest BCUT2D eigenvalue weighted by atomic mass is 16.3. The summed E-state index contributed by atoms with van der Waals surface area (Å²) in [6, 6.07) is 16.2. The second kappa shape index (κ2) is 5.96. The van der Waals surface area contributed by atoms with Crippen LogP contribution >= 0.6 is 0 Å². The van der Waals surface area contributed by atoms with Crippen LogP contribution in [0.1, 0.15) is 36.9 Å². The van der Waals surface area contributed by atoms with Gasteiger partial charge >= 0.3 is 0 Å². The summed E-state index contributed by atoms with van der Waals surface area (Å²) in [5, 5.41) is 3.59. The first kappa shape index (κ1) is 16.0. The zero-order valence-electron chi connectivity index (χ0n) is 13.9. The average molecular weight is 321 g/mol. The Kier molecular flexibility index (Phi) is 3.97. The molecule has 0 unspecified atom stereocenters. The maximum Gasteiger partial charge on any atom is 0.230 e. The van der Waals surface area contributed by atoms with E-state index < -0.39 is 5.41 Å². The normalized spacial score (nSPS) is 11.5. The lowest BCUT2D eigenvalue weighted by Crippen LogP contribution is -2.28. The van der Waals surface area contributed by atoms with Crippen molar-refractivity contribution < 1.29 is 14.0 Å². The van der Waals surface area contributed by atoms with E-state index in [1.165, 1.54) is 0 Å². The van der Waals surface area contributed by atoms with Gasteiger partial charge in [-0.05, 0) is 12.1 Å². The van der Waals surface area contributed by atoms with Gasteiger partial charge in [0.2, 0.25) is 11.7 Å². The van der Waals surface area contributed by atoms with Gasteiger partial charge < -0.3 is 9.73 Å². The van der Waals surface area contributed by atoms with Gasteiger partial charge in [-0.15, -0.1) is 0 Å². The number of hydrogen-bond acceptors (Lipinski definition) is 3. The molecule has 1 N–H and O–H groups in total. The van der Waals surface area contributed by atoms with Gasteiger partial charge in [-0.2, -0.15) is 0 Å². The zero-order chi connectivity index (χ0) is 17.3. The summed E-state index contributed by atoms with van der Waals surface area (Å²) in [4.78, 5) is 25.2. The predicted octanol–water partition coefficient (Wildman–Crippen LogP) is 4.65. The molecule has 0 aliphatic carbocycles. The number of anilines is 1. The Morgan fingerprint density at radius 3 is 2.21 bits per heavy atom. The molecule has 0 spiro atoms. The van der Waals surface area contributed by atoms with Crippen LogP contribution in [0.5, 0.6) is 0 Å². The van der Waals surface area contributed by atoms with Crippen LogP contribution in [-0.2, 0) is 4.79 Å². The Morgan fingerprint density at radius 2 is 1.54 bits per heavy atom. The van der Waals surface area contributed by atoms with Gasteiger partial charge in [-0.3, -0.25) is 9.59 Å². The molecule has 4 nitrogen and oxygen atoms in total. The molecule has 122 valence electrons. The van der Waals surface area contributed by atoms with Crippen molar-refractivity contribution >= 4 is 28.3 Å². The lowest BCUT2D eigenvalue weighted by Gasteiger charge is -2.17. The third-order valence-corrected chi connectivity index (χ3v) is 3.76. The molecule has 0 bridgehead atoms. The average Bonchev–Trinajstić information content (AvgIpc) is 2.93. The van der Waals surface area contributed by atoms with Crippen molar-refractivity contribution in [3.8, 4) is 0 Å². The summed E-state index contributed by atoms with van der Waals surface area (Å²) in [6.07, 6.45) is 0. The molecule has 0 saturated heterocycles. The van der Waals surface area contributed by atoms with E-state index in [0.29, 0.717) is 16.8 Å². The number of ketones is 1. The third-order valence-electron chi connectivity index (χ3n) is 3.76. The molecule has 3 aromatic rings. The summed E-state index contributed by atoms with van der Waals surface area (Å²) < 4.78 is 5.76. The number of amides is 1. The molecule has 3 rings (SSSR count). The molecule has 0 saturated carbocycles. The maximum atomic E-state index is 12.8. The fraction of sp³-hybridized carbons (Fsp3) is 0.200. The van der Waals surface area contributed by atoms with E-state index in [2.05, 4.69) is 5.32 Å². The summed E-state index contributed by atoms with van der Waals surface area (Å²) in [5.41, 5.74) is 0.939. The van der Waals surface area contributed by atoms with Crippen molar-refractivity contribution in [3.05, 3.63) is 65.9 Å². The van der Waals surface area contributed by atoms with Gasteiger partial charge in [0.05, 0.1) is 5.69 Å². The van der Waals surface area contributed by atoms with Gasteiger partial charge in [-0.1, -0.05) is 63.2 Å². The van der Waals surface area contributed by atoms with E-state index in [0.717, 1.165) is 5.39 Å². The number of furan rings is 1. The van der Waals surface area contributed by atoms with Gasteiger partial charge in [-0.25, -0.2) is 0 Å². The highest BCUT2D eigenvalue weighted by Gasteiger charge is 2.27. The first-order valence-electron chi connectivity index (χ1n) is 7.80. The molecule has 1 aromatic heterocycles. The molecule has 1 amide bonds. The summed E-state index contributed by atoms with van der Waals surface area (Å²) in [5.74, 6) is -0.271. The first-order chi connectivity index (χ1) is 11.4. The van der Waals surface area contributed by atoms with Crippen LogP contribution in [0.15, 0.2) is 59.0 Å². The van der Waals surface area contributed by atoms with E-state index >= 15 is 0 Å². The van der Waals surface area contributed by atoms with Gasteiger partial charge in [0.1, 0.15) is 5.58 Å². The molecular formula is C20H19NO3. The van der Waals surface area contributed by atoms with Crippen molar-refractivity contribution in [2.24, 2.45) is 5.41 Å². The lowest BCUT2D eigenvalue weighted by atomic mass is 9.95. The van der Waals surface area contributed by atoms with E-state index in [9.17, 15) is 9.59 Å². The number of para-hydroxylation sites is 1. The second-order valence-corrected chi connectivity index (χ2v) is 6.70. The number of carbonyl (C=O) groups excluding carboxylic acids is 2. The van der Waals surface area contributed by atoms with Crippen LogP contribution in [0.3, 0.4) is 0 Å². The number of carbonyl (C=O) groups is 2. The van der Waals surface area contributed by atoms with Crippen LogP contribution in [0, 0.1) is 5.41 Å². The number of fused-ring (bicyclic) bond motifs is 1. The fourth-order valence-corrected chi connectivity index (χ4v) is 2.35. The molecule has 24 heavy (non-hydrogen) atoms. The molecule has 0 aliphatic rings. The SMILES string of the molecule is CC(C)(C)C(=O)Nc1c(C(=O)c2ccccc2)oc2ccccc12. The van der Waals surface area contributed by atoms with E-state index in [-0.39, 0.29) is 17.5 Å². The highest BCUT2D eigenvalue weighted by Crippen LogP contribution is 2.33. The molecular weight excluding hydrogens is 302 g/mol. The molecule has 2 aromatic carbocycles. The van der Waals surface area contributed by atoms with Crippen LogP contribution in [0.25, 0.3) is 11.0 Å². The predicted molar refractivity (Wildman–Crippen MR) is 94.2 cm³/mol. The van der Waals surface area contributed by atoms with Crippen molar-refractivity contribution in [1.82, 2.24) is 0 Å². The molecule has 0 aliphatic heterocycles. The minimum atomic E-state index is -0.578. The lowest BCUT2D eigenvalue weighted by molar-refractivity contribution is -0.123. The Bertz CT molecular complexity index is 902. The van der Waals surface area contributed by atoms with E-state index in [1.807, 2.05) is 45.0 Å². The standard InChI is InChI=1S/C20H19NO3/c1-20(2,3)19(23)21-16-14-11-7-8-12-15(14)24-18(16)17(22)13-9-5-4-6-10-13/h4-12H,1-3H3,(H,21,23).